The van der Waals surface area contributed by atoms with Crippen molar-refractivity contribution in [2.24, 2.45) is 0 Å². The van der Waals surface area contributed by atoms with Crippen molar-refractivity contribution in [3.63, 3.8) is 0 Å². The molecule has 0 unspecified atom stereocenters. The van der Waals surface area contributed by atoms with Crippen LogP contribution < -0.4 is 0 Å². The molecule has 0 atom stereocenters. The molecular weight excluding hydrogens is 240 g/mol. The van der Waals surface area contributed by atoms with E-state index in [1.54, 1.807) is 0 Å². The fourth-order valence-electron chi connectivity index (χ4n) is 1.57. The Bertz CT molecular complexity index is 405. The van der Waals surface area contributed by atoms with Crippen molar-refractivity contribution in [3.05, 3.63) is 17.2 Å². The van der Waals surface area contributed by atoms with Crippen molar-refractivity contribution < 1.29 is 9.90 Å². The first-order chi connectivity index (χ1) is 8.57. The summed E-state index contributed by atoms with van der Waals surface area (Å²) in [5.41, 5.74) is 0.370. The molecule has 0 saturated heterocycles. The Balaban J connectivity index is 0.00000154. The largest absolute Gasteiger partial charge is 0.504 e. The van der Waals surface area contributed by atoms with Gasteiger partial charge in [-0.2, -0.15) is 0 Å². The highest BCUT2D eigenvalue weighted by atomic mass is 16.3. The van der Waals surface area contributed by atoms with E-state index in [1.165, 1.54) is 0 Å². The second kappa shape index (κ2) is 6.13. The molecule has 4 nitrogen and oxygen atoms in total. The van der Waals surface area contributed by atoms with Gasteiger partial charge in [0, 0.05) is 10.8 Å². The molecule has 0 bridgehead atoms. The molecule has 0 aliphatic rings. The maximum Gasteiger partial charge on any atom is 0.193 e. The van der Waals surface area contributed by atoms with Crippen LogP contribution in [-0.4, -0.2) is 21.4 Å². The Hall–Kier alpha value is -1.45. The van der Waals surface area contributed by atoms with Gasteiger partial charge < -0.3 is 5.11 Å². The minimum atomic E-state index is -0.329. The molecule has 0 radical (unpaired) electrons. The predicted molar refractivity (Wildman–Crippen MR) is 77.8 cm³/mol. The monoisotopic (exact) mass is 266 g/mol. The van der Waals surface area contributed by atoms with Crippen molar-refractivity contribution in [1.82, 2.24) is 9.97 Å². The van der Waals surface area contributed by atoms with Gasteiger partial charge in [-0.3, -0.25) is 4.79 Å². The third kappa shape index (κ3) is 4.30. The summed E-state index contributed by atoms with van der Waals surface area (Å²) in [7, 11) is 0. The lowest BCUT2D eigenvalue weighted by molar-refractivity contribution is 0.111. The molecule has 1 rings (SSSR count). The molecule has 4 heteroatoms. The Morgan fingerprint density at radius 2 is 1.21 bits per heavy atom. The number of aromatic nitrogens is 2. The topological polar surface area (TPSA) is 63.1 Å². The van der Waals surface area contributed by atoms with E-state index in [0.29, 0.717) is 17.7 Å². The average molecular weight is 266 g/mol. The highest BCUT2D eigenvalue weighted by molar-refractivity contribution is 5.69. The predicted octanol–water partition coefficient (Wildman–Crippen LogP) is 3.62. The van der Waals surface area contributed by atoms with Crippen LogP contribution in [0, 0.1) is 0 Å². The van der Waals surface area contributed by atoms with Crippen molar-refractivity contribution in [2.45, 2.75) is 66.2 Å². The first-order valence-electron chi connectivity index (χ1n) is 6.64. The van der Waals surface area contributed by atoms with Gasteiger partial charge in [-0.25, -0.2) is 9.97 Å². The zero-order valence-electron chi connectivity index (χ0n) is 13.3. The Morgan fingerprint density at radius 3 is 1.42 bits per heavy atom. The van der Waals surface area contributed by atoms with Gasteiger partial charge in [0.2, 0.25) is 0 Å². The second-order valence-electron chi connectivity index (χ2n) is 6.25. The van der Waals surface area contributed by atoms with Gasteiger partial charge in [-0.05, 0) is 0 Å². The molecule has 0 aromatic carbocycles. The third-order valence-corrected chi connectivity index (χ3v) is 2.43. The van der Waals surface area contributed by atoms with E-state index in [0.717, 1.165) is 0 Å². The van der Waals surface area contributed by atoms with E-state index in [-0.39, 0.29) is 22.4 Å². The van der Waals surface area contributed by atoms with Crippen molar-refractivity contribution >= 4 is 6.29 Å². The van der Waals surface area contributed by atoms with Gasteiger partial charge >= 0.3 is 0 Å². The molecule has 0 amide bonds. The van der Waals surface area contributed by atoms with Gasteiger partial charge in [0.05, 0.1) is 11.4 Å². The number of aromatic hydroxyl groups is 1. The normalized spacial score (nSPS) is 11.6. The van der Waals surface area contributed by atoms with Gasteiger partial charge in [0.15, 0.2) is 17.9 Å². The standard InChI is InChI=1S/C13H20N2O2.C2H6/c1-12(2,3)10-9(17)11(13(4,5)6)15-8(7-16)14-10;1-2/h7,17H,1-6H3;1-2H3. The molecule has 108 valence electrons. The second-order valence-corrected chi connectivity index (χ2v) is 6.25. The van der Waals surface area contributed by atoms with Gasteiger partial charge in [-0.1, -0.05) is 55.4 Å². The molecule has 1 aromatic rings. The number of aldehydes is 1. The van der Waals surface area contributed by atoms with E-state index in [4.69, 9.17) is 0 Å². The fourth-order valence-corrected chi connectivity index (χ4v) is 1.57. The van der Waals surface area contributed by atoms with E-state index in [1.807, 2.05) is 55.4 Å². The molecule has 0 saturated carbocycles. The molecule has 0 fully saturated rings. The highest BCUT2D eigenvalue weighted by Crippen LogP contribution is 2.36. The van der Waals surface area contributed by atoms with Crippen LogP contribution in [0.1, 0.15) is 77.4 Å². The summed E-state index contributed by atoms with van der Waals surface area (Å²) in [6.07, 6.45) is 0.615. The summed E-state index contributed by atoms with van der Waals surface area (Å²) < 4.78 is 0. The SMILES string of the molecule is CC.CC(C)(C)c1nc(C=O)nc(C(C)(C)C)c1O. The molecular formula is C15H26N2O2. The van der Waals surface area contributed by atoms with E-state index < -0.39 is 0 Å². The van der Waals surface area contributed by atoms with Crippen LogP contribution in [0.25, 0.3) is 0 Å². The Morgan fingerprint density at radius 1 is 0.895 bits per heavy atom. The van der Waals surface area contributed by atoms with Gasteiger partial charge in [0.25, 0.3) is 0 Å². The minimum absolute atomic E-state index is 0.0931. The number of hydrogen-bond donors (Lipinski definition) is 1. The zero-order chi connectivity index (χ0) is 15.4. The number of carbonyl (C=O) groups excluding carboxylic acids is 1. The first kappa shape index (κ1) is 17.6. The molecule has 1 N–H and O–H groups in total. The molecule has 0 aliphatic carbocycles. The van der Waals surface area contributed by atoms with Crippen LogP contribution in [0.4, 0.5) is 0 Å². The average Bonchev–Trinajstić information content (AvgIpc) is 2.29. The van der Waals surface area contributed by atoms with Gasteiger partial charge in [-0.15, -0.1) is 0 Å². The number of nitrogens with zero attached hydrogens (tertiary/aromatic N) is 2. The molecule has 0 spiro atoms. The van der Waals surface area contributed by atoms with Crippen LogP contribution >= 0.6 is 0 Å². The number of rotatable bonds is 1. The van der Waals surface area contributed by atoms with Crippen molar-refractivity contribution in [2.75, 3.05) is 0 Å². The summed E-state index contributed by atoms with van der Waals surface area (Å²) >= 11 is 0. The maximum absolute atomic E-state index is 10.9. The van der Waals surface area contributed by atoms with Crippen LogP contribution in [0.3, 0.4) is 0 Å². The van der Waals surface area contributed by atoms with Crippen molar-refractivity contribution in [1.29, 1.82) is 0 Å². The van der Waals surface area contributed by atoms with Crippen LogP contribution in [-0.2, 0) is 10.8 Å². The zero-order valence-corrected chi connectivity index (χ0v) is 13.3. The lowest BCUT2D eigenvalue weighted by Gasteiger charge is -2.25. The van der Waals surface area contributed by atoms with Crippen LogP contribution in [0.15, 0.2) is 0 Å². The summed E-state index contributed by atoms with van der Waals surface area (Å²) in [4.78, 5) is 19.1. The summed E-state index contributed by atoms with van der Waals surface area (Å²) in [5, 5.41) is 10.2. The molecule has 19 heavy (non-hydrogen) atoms. The molecule has 0 aliphatic heterocycles. The van der Waals surface area contributed by atoms with Crippen LogP contribution in [0.2, 0.25) is 0 Å². The highest BCUT2D eigenvalue weighted by Gasteiger charge is 2.29. The number of hydrogen-bond acceptors (Lipinski definition) is 4. The smallest absolute Gasteiger partial charge is 0.193 e. The Kier molecular flexibility index (Phi) is 5.66. The molecule has 1 heterocycles. The third-order valence-electron chi connectivity index (χ3n) is 2.43. The summed E-state index contributed by atoms with van der Waals surface area (Å²) in [6, 6.07) is 0. The maximum atomic E-state index is 10.9. The van der Waals surface area contributed by atoms with Crippen LogP contribution in [0.5, 0.6) is 5.75 Å². The quantitative estimate of drug-likeness (QED) is 0.789. The van der Waals surface area contributed by atoms with E-state index >= 15 is 0 Å². The minimum Gasteiger partial charge on any atom is -0.504 e. The Labute approximate surface area is 116 Å². The van der Waals surface area contributed by atoms with Crippen molar-refractivity contribution in [3.8, 4) is 5.75 Å². The molecule has 1 aromatic heterocycles. The van der Waals surface area contributed by atoms with E-state index in [9.17, 15) is 9.90 Å². The summed E-state index contributed by atoms with van der Waals surface area (Å²) in [6.45, 7) is 15.6. The number of carbonyl (C=O) groups is 1. The van der Waals surface area contributed by atoms with Gasteiger partial charge in [0.1, 0.15) is 0 Å². The van der Waals surface area contributed by atoms with E-state index in [2.05, 4.69) is 9.97 Å². The fraction of sp³-hybridized carbons (Fsp3) is 0.667. The lowest BCUT2D eigenvalue weighted by Crippen LogP contribution is -2.22. The lowest BCUT2D eigenvalue weighted by atomic mass is 9.85. The summed E-state index contributed by atoms with van der Waals surface area (Å²) in [5.74, 6) is 0.216. The first-order valence-corrected chi connectivity index (χ1v) is 6.64.